The Morgan fingerprint density at radius 1 is 1.24 bits per heavy atom. The first-order valence-corrected chi connectivity index (χ1v) is 10.6. The van der Waals surface area contributed by atoms with Crippen molar-refractivity contribution in [2.24, 2.45) is 0 Å². The van der Waals surface area contributed by atoms with Crippen LogP contribution in [0.2, 0.25) is 5.02 Å². The zero-order valence-corrected chi connectivity index (χ0v) is 18.7. The fourth-order valence-electron chi connectivity index (χ4n) is 3.27. The van der Waals surface area contributed by atoms with Crippen molar-refractivity contribution >= 4 is 34.2 Å². The molecule has 12 heteroatoms. The molecular weight excluding hydrogens is 468 g/mol. The van der Waals surface area contributed by atoms with Gasteiger partial charge in [-0.05, 0) is 25.1 Å². The van der Waals surface area contributed by atoms with Crippen LogP contribution in [0.4, 0.5) is 14.6 Å². The maximum absolute atomic E-state index is 14.4. The molecule has 0 unspecified atom stereocenters. The fourth-order valence-corrected chi connectivity index (χ4v) is 3.48. The van der Waals surface area contributed by atoms with Crippen LogP contribution in [0.5, 0.6) is 0 Å². The molecule has 0 aliphatic heterocycles. The lowest BCUT2D eigenvalue weighted by Crippen LogP contribution is -2.36. The molecule has 0 atom stereocenters. The monoisotopic (exact) mass is 487 g/mol. The summed E-state index contributed by atoms with van der Waals surface area (Å²) in [6.07, 6.45) is 5.85. The Kier molecular flexibility index (Phi) is 6.55. The molecule has 0 aromatic carbocycles. The SMILES string of the molecule is Cc1cnc(NCC(F)(F)c2ccccn2)c(=O)n1CC(=O)NCc1cc2c(Cl)c[nH]c2cn1. The van der Waals surface area contributed by atoms with E-state index in [-0.39, 0.29) is 18.9 Å². The van der Waals surface area contributed by atoms with Gasteiger partial charge >= 0.3 is 5.92 Å². The van der Waals surface area contributed by atoms with Gasteiger partial charge in [0.25, 0.3) is 5.56 Å². The number of hydrogen-bond acceptors (Lipinski definition) is 6. The number of aryl methyl sites for hydroxylation is 1. The molecule has 0 radical (unpaired) electrons. The minimum absolute atomic E-state index is 0.122. The van der Waals surface area contributed by atoms with Gasteiger partial charge < -0.3 is 15.6 Å². The molecule has 1 amide bonds. The minimum Gasteiger partial charge on any atom is -0.359 e. The number of nitrogens with zero attached hydrogens (tertiary/aromatic N) is 4. The molecule has 4 heterocycles. The van der Waals surface area contributed by atoms with Gasteiger partial charge in [0.05, 0.1) is 35.5 Å². The highest BCUT2D eigenvalue weighted by atomic mass is 35.5. The molecule has 9 nitrogen and oxygen atoms in total. The number of fused-ring (bicyclic) bond motifs is 1. The van der Waals surface area contributed by atoms with E-state index in [1.807, 2.05) is 0 Å². The van der Waals surface area contributed by atoms with Gasteiger partial charge in [0.1, 0.15) is 12.2 Å². The summed E-state index contributed by atoms with van der Waals surface area (Å²) in [5.74, 6) is -4.06. The maximum Gasteiger partial charge on any atom is 0.306 e. The third-order valence-electron chi connectivity index (χ3n) is 5.11. The zero-order chi connectivity index (χ0) is 24.3. The van der Waals surface area contributed by atoms with E-state index >= 15 is 0 Å². The summed E-state index contributed by atoms with van der Waals surface area (Å²) in [7, 11) is 0. The lowest BCUT2D eigenvalue weighted by atomic mass is 10.2. The number of H-pyrrole nitrogens is 1. The minimum atomic E-state index is -3.32. The van der Waals surface area contributed by atoms with E-state index in [0.29, 0.717) is 16.4 Å². The number of amides is 1. The number of rotatable bonds is 8. The van der Waals surface area contributed by atoms with Gasteiger partial charge in [0.2, 0.25) is 5.91 Å². The molecule has 3 N–H and O–H groups in total. The predicted octanol–water partition coefficient (Wildman–Crippen LogP) is 3.00. The third kappa shape index (κ3) is 5.04. The van der Waals surface area contributed by atoms with Gasteiger partial charge in [-0.1, -0.05) is 17.7 Å². The van der Waals surface area contributed by atoms with Crippen molar-refractivity contribution in [2.75, 3.05) is 11.9 Å². The quantitative estimate of drug-likeness (QED) is 0.352. The number of halogens is 3. The molecule has 0 bridgehead atoms. The average molecular weight is 488 g/mol. The van der Waals surface area contributed by atoms with Crippen molar-refractivity contribution in [3.63, 3.8) is 0 Å². The van der Waals surface area contributed by atoms with Crippen LogP contribution in [0.15, 0.2) is 53.8 Å². The lowest BCUT2D eigenvalue weighted by Gasteiger charge is -2.17. The van der Waals surface area contributed by atoms with Crippen molar-refractivity contribution in [3.8, 4) is 0 Å². The smallest absolute Gasteiger partial charge is 0.306 e. The molecule has 34 heavy (non-hydrogen) atoms. The first-order valence-electron chi connectivity index (χ1n) is 10.2. The number of nitrogens with one attached hydrogen (secondary N) is 3. The van der Waals surface area contributed by atoms with Gasteiger partial charge in [0.15, 0.2) is 5.82 Å². The standard InChI is InChI=1S/C22H20ClF2N7O2/c1-13-7-30-20(31-12-22(24,25)18-4-2-3-5-26-18)21(34)32(13)11-19(33)29-8-14-6-15-16(23)9-28-17(15)10-27-14/h2-7,9-10,28H,8,11-12H2,1H3,(H,29,33)(H,30,31). The number of alkyl halides is 2. The Morgan fingerprint density at radius 3 is 2.82 bits per heavy atom. The number of aromatic amines is 1. The van der Waals surface area contributed by atoms with E-state index in [9.17, 15) is 18.4 Å². The Balaban J connectivity index is 1.42. The highest BCUT2D eigenvalue weighted by Crippen LogP contribution is 2.25. The Morgan fingerprint density at radius 2 is 2.06 bits per heavy atom. The van der Waals surface area contributed by atoms with Crippen LogP contribution in [0.25, 0.3) is 10.9 Å². The van der Waals surface area contributed by atoms with Crippen molar-refractivity contribution in [1.29, 1.82) is 0 Å². The Hall–Kier alpha value is -3.86. The highest BCUT2D eigenvalue weighted by Gasteiger charge is 2.33. The van der Waals surface area contributed by atoms with Crippen LogP contribution >= 0.6 is 11.6 Å². The molecule has 4 rings (SSSR count). The Bertz CT molecular complexity index is 1390. The van der Waals surface area contributed by atoms with Gasteiger partial charge in [-0.15, -0.1) is 0 Å². The largest absolute Gasteiger partial charge is 0.359 e. The molecular formula is C22H20ClF2N7O2. The third-order valence-corrected chi connectivity index (χ3v) is 5.42. The topological polar surface area (TPSA) is 118 Å². The second kappa shape index (κ2) is 9.56. The van der Waals surface area contributed by atoms with Crippen LogP contribution < -0.4 is 16.2 Å². The van der Waals surface area contributed by atoms with Gasteiger partial charge in [-0.2, -0.15) is 8.78 Å². The average Bonchev–Trinajstić information content (AvgIpc) is 3.20. The molecule has 0 fully saturated rings. The lowest BCUT2D eigenvalue weighted by molar-refractivity contribution is -0.121. The molecule has 0 aliphatic carbocycles. The van der Waals surface area contributed by atoms with Gasteiger partial charge in [-0.3, -0.25) is 24.1 Å². The number of aromatic nitrogens is 5. The molecule has 0 saturated carbocycles. The van der Waals surface area contributed by atoms with E-state index < -0.39 is 29.6 Å². The van der Waals surface area contributed by atoms with Gasteiger partial charge in [-0.25, -0.2) is 4.98 Å². The second-order valence-electron chi connectivity index (χ2n) is 7.55. The van der Waals surface area contributed by atoms with E-state index in [0.717, 1.165) is 15.5 Å². The predicted molar refractivity (Wildman–Crippen MR) is 123 cm³/mol. The molecule has 176 valence electrons. The van der Waals surface area contributed by atoms with Crippen LogP contribution in [-0.4, -0.2) is 37.0 Å². The van der Waals surface area contributed by atoms with E-state index in [1.54, 1.807) is 25.4 Å². The normalized spacial score (nSPS) is 11.5. The van der Waals surface area contributed by atoms with E-state index in [2.05, 4.69) is 30.6 Å². The molecule has 4 aromatic rings. The van der Waals surface area contributed by atoms with Gasteiger partial charge in [0, 0.05) is 29.7 Å². The number of hydrogen-bond donors (Lipinski definition) is 3. The summed E-state index contributed by atoms with van der Waals surface area (Å²) in [6.45, 7) is 0.525. The van der Waals surface area contributed by atoms with Crippen LogP contribution in [-0.2, 0) is 23.8 Å². The molecule has 0 spiro atoms. The fraction of sp³-hybridized carbons (Fsp3) is 0.227. The van der Waals surface area contributed by atoms with Crippen molar-refractivity contribution in [1.82, 2.24) is 29.8 Å². The number of carbonyl (C=O) groups is 1. The summed E-state index contributed by atoms with van der Waals surface area (Å²) >= 11 is 6.11. The van der Waals surface area contributed by atoms with Crippen LogP contribution in [0, 0.1) is 6.92 Å². The number of anilines is 1. The summed E-state index contributed by atoms with van der Waals surface area (Å²) < 4.78 is 29.9. The first-order chi connectivity index (χ1) is 16.2. The van der Waals surface area contributed by atoms with E-state index in [1.165, 1.54) is 30.6 Å². The summed E-state index contributed by atoms with van der Waals surface area (Å²) in [4.78, 5) is 40.1. The van der Waals surface area contributed by atoms with Crippen molar-refractivity contribution in [2.45, 2.75) is 25.9 Å². The Labute approximate surface area is 197 Å². The van der Waals surface area contributed by atoms with E-state index in [4.69, 9.17) is 11.6 Å². The zero-order valence-electron chi connectivity index (χ0n) is 18.0. The number of pyridine rings is 2. The van der Waals surface area contributed by atoms with Crippen LogP contribution in [0.3, 0.4) is 0 Å². The second-order valence-corrected chi connectivity index (χ2v) is 7.95. The summed E-state index contributed by atoms with van der Waals surface area (Å²) in [5, 5.41) is 6.39. The summed E-state index contributed by atoms with van der Waals surface area (Å²) in [5.41, 5.74) is 0.640. The molecule has 4 aromatic heterocycles. The summed E-state index contributed by atoms with van der Waals surface area (Å²) in [6, 6.07) is 5.93. The highest BCUT2D eigenvalue weighted by molar-refractivity contribution is 6.35. The molecule has 0 aliphatic rings. The van der Waals surface area contributed by atoms with Crippen LogP contribution in [0.1, 0.15) is 17.1 Å². The maximum atomic E-state index is 14.4. The molecule has 0 saturated heterocycles. The number of carbonyl (C=O) groups excluding carboxylic acids is 1. The van der Waals surface area contributed by atoms with Crippen molar-refractivity contribution < 1.29 is 13.6 Å². The van der Waals surface area contributed by atoms with Crippen molar-refractivity contribution in [3.05, 3.63) is 81.5 Å². The first kappa shape index (κ1) is 23.3.